The summed E-state index contributed by atoms with van der Waals surface area (Å²) in [6.45, 7) is 7.32. The van der Waals surface area contributed by atoms with Crippen molar-refractivity contribution in [2.45, 2.75) is 39.7 Å². The van der Waals surface area contributed by atoms with Crippen LogP contribution in [-0.4, -0.2) is 31.3 Å². The molecule has 31 heavy (non-hydrogen) atoms. The number of aryl methyl sites for hydroxylation is 1. The minimum absolute atomic E-state index is 0.138. The zero-order chi connectivity index (χ0) is 22.2. The molecule has 3 heterocycles. The standard InChI is InChI=1S/C22H24N6O3/c1-13-8-9-17(30-13)19-27-20(23)26-18-15(12-24-28(18)19)10-14-6-5-7-16(11-14)25-21(29)31-22(2,3)4/h5-9,11-12H,10H2,1-4H3,(H2,23,26)(H,25,29). The molecule has 0 saturated heterocycles. The molecule has 0 saturated carbocycles. The monoisotopic (exact) mass is 420 g/mol. The third kappa shape index (κ3) is 4.66. The average molecular weight is 420 g/mol. The molecule has 0 aliphatic carbocycles. The fourth-order valence-corrected chi connectivity index (χ4v) is 3.18. The minimum Gasteiger partial charge on any atom is -0.458 e. The average Bonchev–Trinajstić information content (AvgIpc) is 3.26. The first-order valence-electron chi connectivity index (χ1n) is 9.84. The third-order valence-electron chi connectivity index (χ3n) is 4.39. The number of ether oxygens (including phenoxy) is 1. The van der Waals surface area contributed by atoms with E-state index in [1.165, 1.54) is 0 Å². The zero-order valence-corrected chi connectivity index (χ0v) is 17.8. The molecular weight excluding hydrogens is 396 g/mol. The van der Waals surface area contributed by atoms with Gasteiger partial charge in [-0.25, -0.2) is 4.79 Å². The number of amides is 1. The number of nitrogen functional groups attached to an aromatic ring is 1. The lowest BCUT2D eigenvalue weighted by Gasteiger charge is -2.19. The summed E-state index contributed by atoms with van der Waals surface area (Å²) in [7, 11) is 0. The second-order valence-electron chi connectivity index (χ2n) is 8.22. The van der Waals surface area contributed by atoms with E-state index >= 15 is 0 Å². The summed E-state index contributed by atoms with van der Waals surface area (Å²) in [6.07, 6.45) is 1.77. The number of nitrogens with two attached hydrogens (primary N) is 1. The van der Waals surface area contributed by atoms with Crippen LogP contribution in [0.25, 0.3) is 17.2 Å². The first-order chi connectivity index (χ1) is 14.7. The van der Waals surface area contributed by atoms with Crippen molar-refractivity contribution in [3.05, 3.63) is 59.5 Å². The first-order valence-corrected chi connectivity index (χ1v) is 9.84. The van der Waals surface area contributed by atoms with Gasteiger partial charge in [0.1, 0.15) is 11.4 Å². The SMILES string of the molecule is Cc1ccc(-c2nc(N)nc3c(Cc4cccc(NC(=O)OC(C)(C)C)c4)cnn23)o1. The number of rotatable bonds is 4. The van der Waals surface area contributed by atoms with Crippen LogP contribution < -0.4 is 11.1 Å². The largest absolute Gasteiger partial charge is 0.458 e. The molecule has 9 nitrogen and oxygen atoms in total. The quantitative estimate of drug-likeness (QED) is 0.507. The van der Waals surface area contributed by atoms with Gasteiger partial charge >= 0.3 is 6.09 Å². The van der Waals surface area contributed by atoms with Crippen LogP contribution in [-0.2, 0) is 11.2 Å². The smallest absolute Gasteiger partial charge is 0.412 e. The zero-order valence-electron chi connectivity index (χ0n) is 17.8. The lowest BCUT2D eigenvalue weighted by molar-refractivity contribution is 0.0636. The van der Waals surface area contributed by atoms with Crippen LogP contribution >= 0.6 is 0 Å². The number of nitrogens with zero attached hydrogens (tertiary/aromatic N) is 4. The highest BCUT2D eigenvalue weighted by atomic mass is 16.6. The van der Waals surface area contributed by atoms with Crippen LogP contribution in [0.3, 0.4) is 0 Å². The van der Waals surface area contributed by atoms with Crippen LogP contribution in [0.1, 0.15) is 37.7 Å². The Hall–Kier alpha value is -3.88. The minimum atomic E-state index is -0.567. The normalized spacial score (nSPS) is 11.6. The van der Waals surface area contributed by atoms with Gasteiger partial charge in [-0.3, -0.25) is 5.32 Å². The van der Waals surface area contributed by atoms with E-state index in [9.17, 15) is 4.79 Å². The number of aromatic nitrogens is 4. The van der Waals surface area contributed by atoms with Crippen LogP contribution in [0.15, 0.2) is 47.0 Å². The Morgan fingerprint density at radius 1 is 1.23 bits per heavy atom. The van der Waals surface area contributed by atoms with E-state index in [0.29, 0.717) is 29.3 Å². The van der Waals surface area contributed by atoms with Crippen LogP contribution in [0, 0.1) is 6.92 Å². The van der Waals surface area contributed by atoms with Crippen molar-refractivity contribution in [2.24, 2.45) is 0 Å². The number of anilines is 2. The van der Waals surface area contributed by atoms with E-state index in [1.54, 1.807) is 16.8 Å². The first kappa shape index (κ1) is 20.4. The molecule has 1 amide bonds. The number of carbonyl (C=O) groups excluding carboxylic acids is 1. The Morgan fingerprint density at radius 2 is 2.03 bits per heavy atom. The second-order valence-corrected chi connectivity index (χ2v) is 8.22. The lowest BCUT2D eigenvalue weighted by atomic mass is 10.1. The van der Waals surface area contributed by atoms with E-state index in [-0.39, 0.29) is 5.95 Å². The van der Waals surface area contributed by atoms with E-state index in [4.69, 9.17) is 14.9 Å². The molecule has 0 aliphatic heterocycles. The number of benzene rings is 1. The number of nitrogens with one attached hydrogen (secondary N) is 1. The molecule has 3 aromatic heterocycles. The maximum absolute atomic E-state index is 12.1. The van der Waals surface area contributed by atoms with Gasteiger partial charge in [0.2, 0.25) is 11.8 Å². The van der Waals surface area contributed by atoms with Gasteiger partial charge in [-0.15, -0.1) is 0 Å². The summed E-state index contributed by atoms with van der Waals surface area (Å²) in [5.74, 6) is 1.96. The third-order valence-corrected chi connectivity index (χ3v) is 4.39. The van der Waals surface area contributed by atoms with Crippen molar-refractivity contribution in [1.29, 1.82) is 0 Å². The molecule has 9 heteroatoms. The molecule has 0 bridgehead atoms. The van der Waals surface area contributed by atoms with E-state index in [0.717, 1.165) is 16.9 Å². The van der Waals surface area contributed by atoms with Crippen molar-refractivity contribution in [3.63, 3.8) is 0 Å². The van der Waals surface area contributed by atoms with Crippen molar-refractivity contribution in [2.75, 3.05) is 11.1 Å². The molecule has 0 aliphatic rings. The predicted molar refractivity (Wildman–Crippen MR) is 117 cm³/mol. The summed E-state index contributed by atoms with van der Waals surface area (Å²) in [5.41, 5.74) is 8.47. The van der Waals surface area contributed by atoms with E-state index in [2.05, 4.69) is 20.4 Å². The molecule has 4 aromatic rings. The van der Waals surface area contributed by atoms with Gasteiger partial charge in [0.25, 0.3) is 0 Å². The molecular formula is C22H24N6O3. The molecule has 3 N–H and O–H groups in total. The van der Waals surface area contributed by atoms with Crippen molar-refractivity contribution >= 4 is 23.4 Å². The van der Waals surface area contributed by atoms with E-state index < -0.39 is 11.7 Å². The van der Waals surface area contributed by atoms with Crippen molar-refractivity contribution in [1.82, 2.24) is 19.6 Å². The van der Waals surface area contributed by atoms with Gasteiger partial charge < -0.3 is 14.9 Å². The second kappa shape index (κ2) is 7.75. The fraction of sp³-hybridized carbons (Fsp3) is 0.273. The highest BCUT2D eigenvalue weighted by Gasteiger charge is 2.18. The lowest BCUT2D eigenvalue weighted by Crippen LogP contribution is -2.27. The Kier molecular flexibility index (Phi) is 5.10. The molecule has 1 aromatic carbocycles. The molecule has 4 rings (SSSR count). The number of hydrogen-bond donors (Lipinski definition) is 2. The predicted octanol–water partition coefficient (Wildman–Crippen LogP) is 4.21. The Bertz CT molecular complexity index is 1250. The summed E-state index contributed by atoms with van der Waals surface area (Å²) in [6, 6.07) is 11.2. The molecule has 0 unspecified atom stereocenters. The number of fused-ring (bicyclic) bond motifs is 1. The molecule has 0 radical (unpaired) electrons. The molecule has 0 atom stereocenters. The van der Waals surface area contributed by atoms with Crippen molar-refractivity contribution < 1.29 is 13.9 Å². The molecule has 0 fully saturated rings. The Labute approximate surface area is 179 Å². The molecule has 0 spiro atoms. The van der Waals surface area contributed by atoms with E-state index in [1.807, 2.05) is 58.0 Å². The van der Waals surface area contributed by atoms with Gasteiger partial charge in [0, 0.05) is 17.7 Å². The summed E-state index contributed by atoms with van der Waals surface area (Å²) >= 11 is 0. The number of furan rings is 1. The highest BCUT2D eigenvalue weighted by molar-refractivity contribution is 5.85. The van der Waals surface area contributed by atoms with Gasteiger partial charge in [0.15, 0.2) is 11.4 Å². The van der Waals surface area contributed by atoms with Gasteiger partial charge in [0.05, 0.1) is 6.20 Å². The number of hydrogen-bond acceptors (Lipinski definition) is 7. The number of carbonyl (C=O) groups is 1. The van der Waals surface area contributed by atoms with Crippen LogP contribution in [0.5, 0.6) is 0 Å². The van der Waals surface area contributed by atoms with Gasteiger partial charge in [-0.1, -0.05) is 12.1 Å². The Balaban J connectivity index is 1.61. The highest BCUT2D eigenvalue weighted by Crippen LogP contribution is 2.24. The maximum atomic E-state index is 12.1. The fourth-order valence-electron chi connectivity index (χ4n) is 3.18. The summed E-state index contributed by atoms with van der Waals surface area (Å²) < 4.78 is 12.6. The van der Waals surface area contributed by atoms with Crippen LogP contribution in [0.4, 0.5) is 16.4 Å². The van der Waals surface area contributed by atoms with Gasteiger partial charge in [-0.2, -0.15) is 19.6 Å². The summed E-state index contributed by atoms with van der Waals surface area (Å²) in [4.78, 5) is 20.7. The van der Waals surface area contributed by atoms with Gasteiger partial charge in [-0.05, 0) is 57.5 Å². The Morgan fingerprint density at radius 3 is 2.74 bits per heavy atom. The maximum Gasteiger partial charge on any atom is 0.412 e. The summed E-state index contributed by atoms with van der Waals surface area (Å²) in [5, 5.41) is 7.20. The topological polar surface area (TPSA) is 121 Å². The van der Waals surface area contributed by atoms with Crippen LogP contribution in [0.2, 0.25) is 0 Å². The molecule has 160 valence electrons. The van der Waals surface area contributed by atoms with Crippen molar-refractivity contribution in [3.8, 4) is 11.6 Å².